The van der Waals surface area contributed by atoms with Crippen molar-refractivity contribution >= 4 is 41.8 Å². The molecule has 1 saturated carbocycles. The highest BCUT2D eigenvalue weighted by atomic mass is 127. The van der Waals surface area contributed by atoms with Crippen molar-refractivity contribution in [2.75, 3.05) is 26.7 Å². The summed E-state index contributed by atoms with van der Waals surface area (Å²) in [6, 6.07) is 0. The molecule has 1 aromatic rings. The number of hydrogen-bond donors (Lipinski definition) is 2. The predicted molar refractivity (Wildman–Crippen MR) is 124 cm³/mol. The SMILES string of the molecule is CN=C(NCCN1C(=O)C2C3C=CC(C3)C2C1=O)NCC(C)c1c(C)noc1C.I. The molecule has 0 radical (unpaired) electrons. The summed E-state index contributed by atoms with van der Waals surface area (Å²) < 4.78 is 5.24. The first-order chi connectivity index (χ1) is 13.9. The largest absolute Gasteiger partial charge is 0.361 e. The van der Waals surface area contributed by atoms with E-state index in [1.165, 1.54) is 4.90 Å². The van der Waals surface area contributed by atoms with Gasteiger partial charge in [-0.05, 0) is 32.1 Å². The van der Waals surface area contributed by atoms with Gasteiger partial charge in [0.25, 0.3) is 0 Å². The molecule has 9 heteroatoms. The number of fused-ring (bicyclic) bond motifs is 5. The number of hydrogen-bond acceptors (Lipinski definition) is 5. The van der Waals surface area contributed by atoms with Gasteiger partial charge >= 0.3 is 0 Å². The summed E-state index contributed by atoms with van der Waals surface area (Å²) in [7, 11) is 1.70. The van der Waals surface area contributed by atoms with Crippen LogP contribution < -0.4 is 10.6 Å². The van der Waals surface area contributed by atoms with E-state index in [0.717, 1.165) is 23.4 Å². The maximum Gasteiger partial charge on any atom is 0.233 e. The third-order valence-electron chi connectivity index (χ3n) is 6.57. The first kappa shape index (κ1) is 22.8. The quantitative estimate of drug-likeness (QED) is 0.193. The molecule has 1 saturated heterocycles. The Morgan fingerprint density at radius 3 is 2.40 bits per heavy atom. The molecule has 4 rings (SSSR count). The predicted octanol–water partition coefficient (Wildman–Crippen LogP) is 1.99. The number of aromatic nitrogens is 1. The molecule has 1 aromatic heterocycles. The second-order valence-corrected chi connectivity index (χ2v) is 8.35. The van der Waals surface area contributed by atoms with E-state index in [2.05, 4.69) is 39.9 Å². The second-order valence-electron chi connectivity index (χ2n) is 8.35. The highest BCUT2D eigenvalue weighted by Gasteiger charge is 2.58. The number of aliphatic imine (C=N–C) groups is 1. The fraction of sp³-hybridized carbons (Fsp3) is 0.619. The summed E-state index contributed by atoms with van der Waals surface area (Å²) in [4.78, 5) is 31.1. The number of amides is 2. The number of nitrogens with zero attached hydrogens (tertiary/aromatic N) is 3. The first-order valence-electron chi connectivity index (χ1n) is 10.3. The van der Waals surface area contributed by atoms with E-state index in [0.29, 0.717) is 25.6 Å². The number of carbonyl (C=O) groups is 2. The van der Waals surface area contributed by atoms with Crippen LogP contribution in [-0.2, 0) is 9.59 Å². The lowest BCUT2D eigenvalue weighted by molar-refractivity contribution is -0.140. The Morgan fingerprint density at radius 1 is 1.23 bits per heavy atom. The number of guanidine groups is 1. The first-order valence-corrected chi connectivity index (χ1v) is 10.3. The Balaban J connectivity index is 0.00000256. The van der Waals surface area contributed by atoms with Gasteiger partial charge in [-0.1, -0.05) is 24.2 Å². The zero-order valence-corrected chi connectivity index (χ0v) is 20.2. The fourth-order valence-electron chi connectivity index (χ4n) is 5.24. The molecule has 2 aliphatic carbocycles. The van der Waals surface area contributed by atoms with Crippen molar-refractivity contribution in [3.05, 3.63) is 29.2 Å². The fourth-order valence-corrected chi connectivity index (χ4v) is 5.24. The standard InChI is InChI=1S/C21H29N5O3.HI/c1-11(16-12(2)25-29-13(16)3)10-24-21(22-4)23-7-8-26-19(27)17-14-5-6-15(9-14)18(17)20(26)28;/h5-6,11,14-15,17-18H,7-10H2,1-4H3,(H2,22,23,24);1H. The van der Waals surface area contributed by atoms with Crippen molar-refractivity contribution in [1.29, 1.82) is 0 Å². The van der Waals surface area contributed by atoms with Crippen LogP contribution in [0.2, 0.25) is 0 Å². The van der Waals surface area contributed by atoms with Crippen LogP contribution in [0.3, 0.4) is 0 Å². The molecule has 3 aliphatic rings. The van der Waals surface area contributed by atoms with Crippen LogP contribution in [0.4, 0.5) is 0 Å². The van der Waals surface area contributed by atoms with Crippen molar-refractivity contribution in [2.24, 2.45) is 28.7 Å². The molecule has 2 heterocycles. The third kappa shape index (κ3) is 3.88. The summed E-state index contributed by atoms with van der Waals surface area (Å²) in [5.74, 6) is 1.91. The topological polar surface area (TPSA) is 99.8 Å². The third-order valence-corrected chi connectivity index (χ3v) is 6.57. The molecule has 2 amide bonds. The molecular weight excluding hydrogens is 497 g/mol. The lowest BCUT2D eigenvalue weighted by Crippen LogP contribution is -2.44. The Labute approximate surface area is 193 Å². The maximum atomic E-state index is 12.7. The van der Waals surface area contributed by atoms with Gasteiger partial charge in [-0.25, -0.2) is 0 Å². The molecule has 164 valence electrons. The molecule has 2 fully saturated rings. The average Bonchev–Trinajstić information content (AvgIpc) is 3.44. The summed E-state index contributed by atoms with van der Waals surface area (Å²) >= 11 is 0. The lowest BCUT2D eigenvalue weighted by atomic mass is 9.85. The normalized spacial score (nSPS) is 28.0. The van der Waals surface area contributed by atoms with Crippen molar-refractivity contribution in [3.8, 4) is 0 Å². The zero-order chi connectivity index (χ0) is 20.7. The number of likely N-dealkylation sites (tertiary alicyclic amines) is 1. The number of nitrogens with one attached hydrogen (secondary N) is 2. The van der Waals surface area contributed by atoms with Crippen LogP contribution in [0, 0.1) is 37.5 Å². The van der Waals surface area contributed by atoms with E-state index in [1.807, 2.05) is 13.8 Å². The molecule has 30 heavy (non-hydrogen) atoms. The van der Waals surface area contributed by atoms with E-state index >= 15 is 0 Å². The highest BCUT2D eigenvalue weighted by Crippen LogP contribution is 2.52. The van der Waals surface area contributed by atoms with Crippen molar-refractivity contribution < 1.29 is 14.1 Å². The molecule has 8 nitrogen and oxygen atoms in total. The number of carbonyl (C=O) groups excluding carboxylic acids is 2. The monoisotopic (exact) mass is 527 g/mol. The Bertz CT molecular complexity index is 830. The molecule has 5 unspecified atom stereocenters. The van der Waals surface area contributed by atoms with Crippen LogP contribution in [0.25, 0.3) is 0 Å². The number of rotatable bonds is 6. The van der Waals surface area contributed by atoms with E-state index in [9.17, 15) is 9.59 Å². The Morgan fingerprint density at radius 2 is 1.87 bits per heavy atom. The Kier molecular flexibility index (Phi) is 6.88. The summed E-state index contributed by atoms with van der Waals surface area (Å²) in [6.45, 7) is 7.47. The van der Waals surface area contributed by atoms with Crippen LogP contribution >= 0.6 is 24.0 Å². The molecule has 0 spiro atoms. The van der Waals surface area contributed by atoms with E-state index < -0.39 is 0 Å². The van der Waals surface area contributed by atoms with Gasteiger partial charge in [0.2, 0.25) is 11.8 Å². The van der Waals surface area contributed by atoms with E-state index in [-0.39, 0.29) is 65.4 Å². The van der Waals surface area contributed by atoms with Gasteiger partial charge in [-0.15, -0.1) is 24.0 Å². The van der Waals surface area contributed by atoms with Crippen molar-refractivity contribution in [1.82, 2.24) is 20.7 Å². The summed E-state index contributed by atoms with van der Waals surface area (Å²) in [5, 5.41) is 10.5. The molecule has 1 aliphatic heterocycles. The van der Waals surface area contributed by atoms with E-state index in [1.54, 1.807) is 7.05 Å². The van der Waals surface area contributed by atoms with Gasteiger partial charge in [0.1, 0.15) is 5.76 Å². The van der Waals surface area contributed by atoms with Crippen molar-refractivity contribution in [3.63, 3.8) is 0 Å². The molecule has 2 bridgehead atoms. The van der Waals surface area contributed by atoms with Crippen LogP contribution in [0.1, 0.15) is 36.3 Å². The average molecular weight is 527 g/mol. The van der Waals surface area contributed by atoms with Gasteiger partial charge in [-0.3, -0.25) is 19.5 Å². The number of halogens is 1. The number of aryl methyl sites for hydroxylation is 2. The van der Waals surface area contributed by atoms with Crippen LogP contribution in [-0.4, -0.2) is 54.5 Å². The smallest absolute Gasteiger partial charge is 0.233 e. The molecule has 5 atom stereocenters. The van der Waals surface area contributed by atoms with E-state index in [4.69, 9.17) is 4.52 Å². The Hall–Kier alpha value is -1.91. The van der Waals surface area contributed by atoms with Gasteiger partial charge in [0.05, 0.1) is 17.5 Å². The maximum absolute atomic E-state index is 12.7. The van der Waals surface area contributed by atoms with Gasteiger partial charge in [-0.2, -0.15) is 0 Å². The number of imide groups is 1. The van der Waals surface area contributed by atoms with Gasteiger partial charge < -0.3 is 15.2 Å². The van der Waals surface area contributed by atoms with Gasteiger partial charge in [0.15, 0.2) is 5.96 Å². The minimum Gasteiger partial charge on any atom is -0.361 e. The lowest BCUT2D eigenvalue weighted by Gasteiger charge is -2.19. The molecule has 2 N–H and O–H groups in total. The molecular formula is C21H30IN5O3. The van der Waals surface area contributed by atoms with Crippen LogP contribution in [0.5, 0.6) is 0 Å². The van der Waals surface area contributed by atoms with Gasteiger partial charge in [0, 0.05) is 38.2 Å². The van der Waals surface area contributed by atoms with Crippen LogP contribution in [0.15, 0.2) is 21.7 Å². The minimum atomic E-state index is -0.133. The summed E-state index contributed by atoms with van der Waals surface area (Å²) in [6.07, 6.45) is 5.19. The molecule has 0 aromatic carbocycles. The highest BCUT2D eigenvalue weighted by molar-refractivity contribution is 14.0. The number of allylic oxidation sites excluding steroid dienone is 2. The second kappa shape index (κ2) is 9.07. The summed E-state index contributed by atoms with van der Waals surface area (Å²) in [5.41, 5.74) is 2.01. The minimum absolute atomic E-state index is 0. The van der Waals surface area contributed by atoms with Crippen molar-refractivity contribution in [2.45, 2.75) is 33.1 Å². The zero-order valence-electron chi connectivity index (χ0n) is 17.8.